The molecule has 0 unspecified atom stereocenters. The van der Waals surface area contributed by atoms with Crippen LogP contribution in [0.5, 0.6) is 0 Å². The fourth-order valence-corrected chi connectivity index (χ4v) is 3.03. The molecule has 0 spiro atoms. The number of nitrogens with zero attached hydrogens (tertiary/aromatic N) is 1. The van der Waals surface area contributed by atoms with Crippen LogP contribution in [0.4, 0.5) is 17.6 Å². The Bertz CT molecular complexity index is 1030. The van der Waals surface area contributed by atoms with E-state index in [0.717, 1.165) is 5.56 Å². The van der Waals surface area contributed by atoms with Gasteiger partial charge in [0.1, 0.15) is 11.9 Å². The maximum absolute atomic E-state index is 13.6. The third kappa shape index (κ3) is 5.32. The summed E-state index contributed by atoms with van der Waals surface area (Å²) in [6.07, 6.45) is -1.05. The van der Waals surface area contributed by atoms with Crippen LogP contribution in [-0.4, -0.2) is 6.18 Å². The summed E-state index contributed by atoms with van der Waals surface area (Å²) in [5.74, 6) is -2.16. The summed E-state index contributed by atoms with van der Waals surface area (Å²) in [6.45, 7) is 0. The molecule has 0 fully saturated rings. The zero-order valence-corrected chi connectivity index (χ0v) is 15.3. The van der Waals surface area contributed by atoms with Crippen molar-refractivity contribution in [1.29, 1.82) is 5.26 Å². The first-order valence-corrected chi connectivity index (χ1v) is 8.95. The Morgan fingerprint density at radius 1 is 0.862 bits per heavy atom. The van der Waals surface area contributed by atoms with Crippen LogP contribution in [0.15, 0.2) is 72.8 Å². The molecule has 1 atom stereocenters. The molecule has 1 nitrogen and oxygen atoms in total. The molecule has 0 aromatic heterocycles. The normalized spacial score (nSPS) is 12.7. The van der Waals surface area contributed by atoms with E-state index in [9.17, 15) is 17.6 Å². The van der Waals surface area contributed by atoms with Crippen molar-refractivity contribution in [3.05, 3.63) is 106 Å². The van der Waals surface area contributed by atoms with Crippen LogP contribution in [0, 0.1) is 17.1 Å². The van der Waals surface area contributed by atoms with Crippen molar-refractivity contribution in [1.82, 2.24) is 0 Å². The lowest BCUT2D eigenvalue weighted by Gasteiger charge is -2.21. The SMILES string of the molecule is N#Cc1ccc(C=Cc2ccc(C[C@H](c3ccccc3)C(F)(F)F)cc2)cc1F. The predicted molar refractivity (Wildman–Crippen MR) is 105 cm³/mol. The van der Waals surface area contributed by atoms with Crippen molar-refractivity contribution in [2.24, 2.45) is 0 Å². The van der Waals surface area contributed by atoms with Gasteiger partial charge in [-0.05, 0) is 40.8 Å². The molecule has 3 aromatic rings. The lowest BCUT2D eigenvalue weighted by Crippen LogP contribution is -2.22. The predicted octanol–water partition coefficient (Wildman–Crippen LogP) is 6.76. The molecule has 0 N–H and O–H groups in total. The van der Waals surface area contributed by atoms with Gasteiger partial charge in [0, 0.05) is 0 Å². The number of halogens is 4. The molecule has 29 heavy (non-hydrogen) atoms. The summed E-state index contributed by atoms with van der Waals surface area (Å²) in [4.78, 5) is 0. The summed E-state index contributed by atoms with van der Waals surface area (Å²) in [7, 11) is 0. The molecule has 0 heterocycles. The Balaban J connectivity index is 1.74. The maximum atomic E-state index is 13.6. The van der Waals surface area contributed by atoms with E-state index in [-0.39, 0.29) is 17.5 Å². The van der Waals surface area contributed by atoms with Gasteiger partial charge in [0.25, 0.3) is 0 Å². The molecule has 0 radical (unpaired) electrons. The minimum absolute atomic E-state index is 0.0239. The monoisotopic (exact) mass is 395 g/mol. The summed E-state index contributed by atoms with van der Waals surface area (Å²) in [5.41, 5.74) is 2.17. The van der Waals surface area contributed by atoms with E-state index in [4.69, 9.17) is 5.26 Å². The summed E-state index contributed by atoms with van der Waals surface area (Å²) < 4.78 is 54.2. The van der Waals surface area contributed by atoms with Crippen molar-refractivity contribution in [3.63, 3.8) is 0 Å². The van der Waals surface area contributed by atoms with E-state index >= 15 is 0 Å². The molecule has 0 amide bonds. The average molecular weight is 395 g/mol. The van der Waals surface area contributed by atoms with Gasteiger partial charge < -0.3 is 0 Å². The van der Waals surface area contributed by atoms with Crippen molar-refractivity contribution in [3.8, 4) is 6.07 Å². The second-order valence-corrected chi connectivity index (χ2v) is 6.64. The highest BCUT2D eigenvalue weighted by Crippen LogP contribution is 2.37. The Hall–Kier alpha value is -3.39. The van der Waals surface area contributed by atoms with Crippen molar-refractivity contribution in [2.45, 2.75) is 18.5 Å². The van der Waals surface area contributed by atoms with E-state index in [1.54, 1.807) is 66.8 Å². The summed E-state index contributed by atoms with van der Waals surface area (Å²) in [5, 5.41) is 8.75. The van der Waals surface area contributed by atoms with Crippen LogP contribution in [0.25, 0.3) is 12.2 Å². The number of rotatable bonds is 5. The fourth-order valence-electron chi connectivity index (χ4n) is 3.03. The first kappa shape index (κ1) is 20.3. The van der Waals surface area contributed by atoms with E-state index < -0.39 is 17.9 Å². The van der Waals surface area contributed by atoms with Crippen molar-refractivity contribution < 1.29 is 17.6 Å². The molecule has 0 aliphatic heterocycles. The van der Waals surface area contributed by atoms with Crippen LogP contribution in [0.2, 0.25) is 0 Å². The van der Waals surface area contributed by atoms with E-state index in [1.165, 1.54) is 24.3 Å². The van der Waals surface area contributed by atoms with E-state index in [2.05, 4.69) is 0 Å². The Morgan fingerprint density at radius 2 is 1.48 bits per heavy atom. The molecule has 0 aliphatic rings. The molecule has 0 saturated carbocycles. The van der Waals surface area contributed by atoms with Crippen molar-refractivity contribution in [2.75, 3.05) is 0 Å². The first-order valence-electron chi connectivity index (χ1n) is 8.95. The molecular formula is C24H17F4N. The zero-order valence-electron chi connectivity index (χ0n) is 15.3. The number of alkyl halides is 3. The third-order valence-electron chi connectivity index (χ3n) is 4.60. The number of benzene rings is 3. The second kappa shape index (κ2) is 8.74. The molecule has 3 rings (SSSR count). The lowest BCUT2D eigenvalue weighted by atomic mass is 9.91. The van der Waals surface area contributed by atoms with Crippen LogP contribution < -0.4 is 0 Å². The van der Waals surface area contributed by atoms with Gasteiger partial charge in [-0.25, -0.2) is 4.39 Å². The Labute approximate surface area is 166 Å². The van der Waals surface area contributed by atoms with Gasteiger partial charge in [-0.2, -0.15) is 18.4 Å². The van der Waals surface area contributed by atoms with E-state index in [1.807, 2.05) is 0 Å². The van der Waals surface area contributed by atoms with Gasteiger partial charge in [-0.15, -0.1) is 0 Å². The van der Waals surface area contributed by atoms with Gasteiger partial charge in [-0.1, -0.05) is 72.8 Å². The van der Waals surface area contributed by atoms with Gasteiger partial charge in [0.05, 0.1) is 11.5 Å². The fraction of sp³-hybridized carbons (Fsp3) is 0.125. The van der Waals surface area contributed by atoms with Crippen molar-refractivity contribution >= 4 is 12.2 Å². The Kier molecular flexibility index (Phi) is 6.13. The number of hydrogen-bond donors (Lipinski definition) is 0. The molecule has 5 heteroatoms. The van der Waals surface area contributed by atoms with Crippen LogP contribution in [-0.2, 0) is 6.42 Å². The van der Waals surface area contributed by atoms with Crippen LogP contribution in [0.3, 0.4) is 0 Å². The quantitative estimate of drug-likeness (QED) is 0.346. The summed E-state index contributed by atoms with van der Waals surface area (Å²) >= 11 is 0. The van der Waals surface area contributed by atoms with Crippen LogP contribution >= 0.6 is 0 Å². The zero-order chi connectivity index (χ0) is 20.9. The molecule has 0 aliphatic carbocycles. The number of nitriles is 1. The Morgan fingerprint density at radius 3 is 2.07 bits per heavy atom. The topological polar surface area (TPSA) is 23.8 Å². The van der Waals surface area contributed by atoms with Gasteiger partial charge in [-0.3, -0.25) is 0 Å². The minimum atomic E-state index is -4.33. The molecular weight excluding hydrogens is 378 g/mol. The highest BCUT2D eigenvalue weighted by molar-refractivity contribution is 5.70. The first-order chi connectivity index (χ1) is 13.9. The number of hydrogen-bond acceptors (Lipinski definition) is 1. The van der Waals surface area contributed by atoms with Crippen LogP contribution in [0.1, 0.15) is 33.7 Å². The maximum Gasteiger partial charge on any atom is 0.396 e. The average Bonchev–Trinajstić information content (AvgIpc) is 2.71. The van der Waals surface area contributed by atoms with Gasteiger partial charge >= 0.3 is 6.18 Å². The van der Waals surface area contributed by atoms with Gasteiger partial charge in [0.15, 0.2) is 0 Å². The smallest absolute Gasteiger partial charge is 0.206 e. The molecule has 0 saturated heterocycles. The molecule has 146 valence electrons. The minimum Gasteiger partial charge on any atom is -0.206 e. The van der Waals surface area contributed by atoms with Gasteiger partial charge in [0.2, 0.25) is 0 Å². The second-order valence-electron chi connectivity index (χ2n) is 6.64. The third-order valence-corrected chi connectivity index (χ3v) is 4.60. The molecule has 3 aromatic carbocycles. The highest BCUT2D eigenvalue weighted by Gasteiger charge is 2.40. The highest BCUT2D eigenvalue weighted by atomic mass is 19.4. The lowest BCUT2D eigenvalue weighted by molar-refractivity contribution is -0.150. The standard InChI is InChI=1S/C24H17F4N/c25-23-15-19(12-13-21(23)16-29)11-8-17-6-9-18(10-7-17)14-22(24(26,27)28)20-4-2-1-3-5-20/h1-13,15,22H,14H2/t22-/m1/s1. The largest absolute Gasteiger partial charge is 0.396 e. The van der Waals surface area contributed by atoms with E-state index in [0.29, 0.717) is 11.1 Å². The molecule has 0 bridgehead atoms. The summed E-state index contributed by atoms with van der Waals surface area (Å²) in [6, 6.07) is 20.7.